The maximum Gasteiger partial charge on any atom is 0.303 e. The molecule has 40 heavy (non-hydrogen) atoms. The summed E-state index contributed by atoms with van der Waals surface area (Å²) < 4.78 is 42.9. The number of rotatable bonds is 11. The Kier molecular flexibility index (Phi) is 11.0. The summed E-state index contributed by atoms with van der Waals surface area (Å²) >= 11 is 0. The summed E-state index contributed by atoms with van der Waals surface area (Å²) in [6.07, 6.45) is -5.12. The van der Waals surface area contributed by atoms with E-state index < -0.39 is 61.8 Å². The van der Waals surface area contributed by atoms with Crippen LogP contribution < -0.4 is 5.32 Å². The van der Waals surface area contributed by atoms with Gasteiger partial charge in [-0.25, -0.2) is 0 Å². The highest BCUT2D eigenvalue weighted by Crippen LogP contribution is 2.55. The molecule has 0 spiro atoms. The molecule has 12 heteroatoms. The highest BCUT2D eigenvalue weighted by molar-refractivity contribution is 7.57. The van der Waals surface area contributed by atoms with E-state index in [1.165, 1.54) is 13.8 Å². The molecule has 1 aliphatic heterocycles. The van der Waals surface area contributed by atoms with Gasteiger partial charge in [-0.15, -0.1) is 0 Å². The number of ether oxygens (including phenoxy) is 4. The smallest absolute Gasteiger partial charge is 0.303 e. The van der Waals surface area contributed by atoms with E-state index in [4.69, 9.17) is 23.5 Å². The van der Waals surface area contributed by atoms with Gasteiger partial charge in [-0.2, -0.15) is 0 Å². The molecule has 5 atom stereocenters. The fourth-order valence-electron chi connectivity index (χ4n) is 4.42. The fraction of sp³-hybridized carbons (Fsp3) is 0.429. The Labute approximate surface area is 232 Å². The van der Waals surface area contributed by atoms with E-state index in [2.05, 4.69) is 5.32 Å². The Balaban J connectivity index is 2.05. The molecule has 1 fully saturated rings. The molecule has 1 unspecified atom stereocenters. The molecule has 0 aliphatic carbocycles. The number of carbonyl (C=O) groups is 4. The molecular formula is C28H34NO10P. The molecule has 2 aromatic carbocycles. The average Bonchev–Trinajstić information content (AvgIpc) is 2.86. The van der Waals surface area contributed by atoms with Gasteiger partial charge in [0.25, 0.3) is 0 Å². The van der Waals surface area contributed by atoms with E-state index in [1.807, 2.05) is 60.7 Å². The molecule has 0 aromatic heterocycles. The largest absolute Gasteiger partial charge is 0.463 e. The van der Waals surface area contributed by atoms with Gasteiger partial charge >= 0.3 is 17.9 Å². The Hall–Kier alpha value is -3.53. The molecule has 2 aromatic rings. The van der Waals surface area contributed by atoms with Gasteiger partial charge < -0.3 is 24.3 Å². The maximum absolute atomic E-state index is 14.5. The van der Waals surface area contributed by atoms with Crippen molar-refractivity contribution in [1.29, 1.82) is 0 Å². The molecule has 0 bridgehead atoms. The van der Waals surface area contributed by atoms with Gasteiger partial charge in [0, 0.05) is 27.7 Å². The van der Waals surface area contributed by atoms with Gasteiger partial charge in [0.1, 0.15) is 18.8 Å². The third-order valence-electron chi connectivity index (χ3n) is 5.90. The summed E-state index contributed by atoms with van der Waals surface area (Å²) in [5, 5.41) is 2.64. The monoisotopic (exact) mass is 575 g/mol. The van der Waals surface area contributed by atoms with E-state index in [9.17, 15) is 23.7 Å². The molecule has 1 amide bonds. The van der Waals surface area contributed by atoms with Crippen LogP contribution in [0.15, 0.2) is 60.7 Å². The van der Waals surface area contributed by atoms with Gasteiger partial charge in [0.2, 0.25) is 13.3 Å². The van der Waals surface area contributed by atoms with E-state index in [-0.39, 0.29) is 18.9 Å². The van der Waals surface area contributed by atoms with Crippen LogP contribution in [0.1, 0.15) is 38.8 Å². The van der Waals surface area contributed by atoms with Crippen molar-refractivity contribution in [3.63, 3.8) is 0 Å². The van der Waals surface area contributed by atoms with Crippen molar-refractivity contribution in [3.8, 4) is 0 Å². The molecule has 1 heterocycles. The molecule has 3 rings (SSSR count). The highest BCUT2D eigenvalue weighted by Gasteiger charge is 2.52. The van der Waals surface area contributed by atoms with Crippen molar-refractivity contribution in [2.45, 2.75) is 70.7 Å². The molecule has 216 valence electrons. The minimum atomic E-state index is -3.62. The Bertz CT molecular complexity index is 1180. The van der Waals surface area contributed by atoms with Crippen LogP contribution in [0.25, 0.3) is 0 Å². The number of hydrogen-bond acceptors (Lipinski definition) is 10. The van der Waals surface area contributed by atoms with Crippen LogP contribution in [0.5, 0.6) is 0 Å². The van der Waals surface area contributed by atoms with Crippen LogP contribution in [0, 0.1) is 0 Å². The van der Waals surface area contributed by atoms with Crippen LogP contribution in [0.2, 0.25) is 0 Å². The normalized spacial score (nSPS) is 22.6. The van der Waals surface area contributed by atoms with Crippen LogP contribution >= 0.6 is 7.37 Å². The summed E-state index contributed by atoms with van der Waals surface area (Å²) in [5.41, 5.74) is 1.50. The van der Waals surface area contributed by atoms with Gasteiger partial charge in [0.15, 0.2) is 18.5 Å². The topological polar surface area (TPSA) is 144 Å². The minimum Gasteiger partial charge on any atom is -0.463 e. The van der Waals surface area contributed by atoms with Crippen molar-refractivity contribution in [2.24, 2.45) is 0 Å². The maximum atomic E-state index is 14.5. The first-order valence-corrected chi connectivity index (χ1v) is 14.7. The molecule has 1 N–H and O–H groups in total. The van der Waals surface area contributed by atoms with Crippen LogP contribution in [-0.4, -0.2) is 61.1 Å². The predicted molar refractivity (Wildman–Crippen MR) is 143 cm³/mol. The fourth-order valence-corrected chi connectivity index (χ4v) is 6.78. The van der Waals surface area contributed by atoms with Crippen molar-refractivity contribution in [1.82, 2.24) is 5.32 Å². The van der Waals surface area contributed by atoms with E-state index >= 15 is 0 Å². The molecule has 1 saturated heterocycles. The van der Waals surface area contributed by atoms with Gasteiger partial charge in [-0.05, 0) is 11.1 Å². The molecule has 1 aliphatic rings. The Morgan fingerprint density at radius 1 is 0.775 bits per heavy atom. The third kappa shape index (κ3) is 9.29. The summed E-state index contributed by atoms with van der Waals surface area (Å²) in [6.45, 7) is 4.34. The van der Waals surface area contributed by atoms with Gasteiger partial charge in [-0.1, -0.05) is 60.7 Å². The zero-order valence-electron chi connectivity index (χ0n) is 22.8. The van der Waals surface area contributed by atoms with Gasteiger partial charge in [-0.3, -0.25) is 28.3 Å². The average molecular weight is 576 g/mol. The first-order valence-electron chi connectivity index (χ1n) is 12.7. The number of carbonyl (C=O) groups excluding carboxylic acids is 4. The number of benzene rings is 2. The lowest BCUT2D eigenvalue weighted by Crippen LogP contribution is -2.66. The number of hydrogen-bond donors (Lipinski definition) is 1. The lowest BCUT2D eigenvalue weighted by molar-refractivity contribution is -0.257. The SMILES string of the molecule is CC(=O)N[C@H]1C(OP(=O)(Cc2ccccc2)Cc2ccccc2)O[C@H](COC(C)=O)[C@H](OC(C)=O)[C@@H]1OC(C)=O. The number of esters is 3. The zero-order valence-corrected chi connectivity index (χ0v) is 23.7. The molecule has 0 saturated carbocycles. The first kappa shape index (κ1) is 31.0. The van der Waals surface area contributed by atoms with E-state index in [0.29, 0.717) is 0 Å². The van der Waals surface area contributed by atoms with Crippen molar-refractivity contribution in [3.05, 3.63) is 71.8 Å². The molecular weight excluding hydrogens is 541 g/mol. The summed E-state index contributed by atoms with van der Waals surface area (Å²) in [6, 6.07) is 17.0. The second-order valence-corrected chi connectivity index (χ2v) is 11.9. The first-order chi connectivity index (χ1) is 19.0. The van der Waals surface area contributed by atoms with Gasteiger partial charge in [0.05, 0.1) is 12.3 Å². The predicted octanol–water partition coefficient (Wildman–Crippen LogP) is 3.34. The van der Waals surface area contributed by atoms with Crippen molar-refractivity contribution in [2.75, 3.05) is 6.61 Å². The number of amides is 1. The second kappa shape index (κ2) is 14.2. The van der Waals surface area contributed by atoms with Crippen molar-refractivity contribution < 1.29 is 47.2 Å². The van der Waals surface area contributed by atoms with Crippen molar-refractivity contribution >= 4 is 31.2 Å². The standard InChI is InChI=1S/C28H34NO10P/c1-18(30)29-25-27(37-21(4)33)26(36-20(3)32)24(15-35-19(2)31)38-28(25)39-40(34,16-22-11-7-5-8-12-22)17-23-13-9-6-10-14-23/h5-14,24-28H,15-17H2,1-4H3,(H,29,30)/t24-,25-,26+,27-,28?/m1/s1. The quantitative estimate of drug-likeness (QED) is 0.241. The highest BCUT2D eigenvalue weighted by atomic mass is 31.2. The minimum absolute atomic E-state index is 0.0373. The Morgan fingerprint density at radius 2 is 1.27 bits per heavy atom. The third-order valence-corrected chi connectivity index (χ3v) is 8.19. The summed E-state index contributed by atoms with van der Waals surface area (Å²) in [7, 11) is -3.62. The summed E-state index contributed by atoms with van der Waals surface area (Å²) in [5.74, 6) is -2.62. The van der Waals surface area contributed by atoms with Crippen LogP contribution in [0.3, 0.4) is 0 Å². The van der Waals surface area contributed by atoms with Crippen LogP contribution in [-0.2, 0) is 59.5 Å². The molecule has 0 radical (unpaired) electrons. The number of nitrogens with one attached hydrogen (secondary N) is 1. The van der Waals surface area contributed by atoms with E-state index in [0.717, 1.165) is 25.0 Å². The summed E-state index contributed by atoms with van der Waals surface area (Å²) in [4.78, 5) is 48.0. The molecule has 11 nitrogen and oxygen atoms in total. The van der Waals surface area contributed by atoms with E-state index in [1.54, 1.807) is 0 Å². The lowest BCUT2D eigenvalue weighted by atomic mass is 9.96. The lowest BCUT2D eigenvalue weighted by Gasteiger charge is -2.45. The Morgan fingerprint density at radius 3 is 1.73 bits per heavy atom. The zero-order chi connectivity index (χ0) is 29.3. The second-order valence-electron chi connectivity index (χ2n) is 9.43. The van der Waals surface area contributed by atoms with Crippen LogP contribution in [0.4, 0.5) is 0 Å².